The lowest BCUT2D eigenvalue weighted by atomic mass is 10.6. The molecule has 0 fully saturated rings. The van der Waals surface area contributed by atoms with Crippen LogP contribution in [0.1, 0.15) is 0 Å². The number of nitrogens with one attached hydrogen (secondary N) is 1. The molecular formula is C8H13N3O2S. The van der Waals surface area contributed by atoms with Crippen molar-refractivity contribution >= 4 is 16.7 Å². The molecule has 1 atom stereocenters. The fourth-order valence-corrected chi connectivity index (χ4v) is 1.21. The zero-order valence-corrected chi connectivity index (χ0v) is 9.00. The van der Waals surface area contributed by atoms with E-state index in [1.54, 1.807) is 25.8 Å². The molecule has 14 heavy (non-hydrogen) atoms. The number of methoxy groups -OCH3 is 1. The Bertz CT molecular complexity index is 302. The second-order valence-electron chi connectivity index (χ2n) is 2.65. The largest absolute Gasteiger partial charge is 0.494 e. The summed E-state index contributed by atoms with van der Waals surface area (Å²) in [5, 5.41) is 2.96. The lowest BCUT2D eigenvalue weighted by Gasteiger charge is -2.03. The molecule has 0 aliphatic rings. The van der Waals surface area contributed by atoms with Crippen molar-refractivity contribution in [1.82, 2.24) is 9.97 Å². The summed E-state index contributed by atoms with van der Waals surface area (Å²) in [6, 6.07) is 0. The van der Waals surface area contributed by atoms with Crippen molar-refractivity contribution < 1.29 is 8.95 Å². The van der Waals surface area contributed by atoms with Gasteiger partial charge in [-0.3, -0.25) is 4.21 Å². The minimum absolute atomic E-state index is 0.524. The van der Waals surface area contributed by atoms with E-state index in [0.717, 1.165) is 0 Å². The van der Waals surface area contributed by atoms with Crippen LogP contribution in [0.15, 0.2) is 12.4 Å². The third-order valence-electron chi connectivity index (χ3n) is 1.54. The van der Waals surface area contributed by atoms with Crippen LogP contribution in [0.3, 0.4) is 0 Å². The van der Waals surface area contributed by atoms with Gasteiger partial charge in [-0.05, 0) is 0 Å². The molecule has 0 saturated heterocycles. The predicted molar refractivity (Wildman–Crippen MR) is 56.0 cm³/mol. The molecule has 0 aliphatic carbocycles. The summed E-state index contributed by atoms with van der Waals surface area (Å²) in [5.74, 6) is 1.74. The molecule has 1 unspecified atom stereocenters. The number of hydrogen-bond acceptors (Lipinski definition) is 5. The maximum Gasteiger partial charge on any atom is 0.222 e. The third kappa shape index (κ3) is 3.69. The smallest absolute Gasteiger partial charge is 0.222 e. The number of ether oxygens (including phenoxy) is 1. The molecule has 1 aromatic rings. The van der Waals surface area contributed by atoms with Crippen LogP contribution < -0.4 is 10.1 Å². The maximum atomic E-state index is 10.7. The second-order valence-corrected chi connectivity index (χ2v) is 4.21. The third-order valence-corrected chi connectivity index (χ3v) is 2.32. The molecule has 1 N–H and O–H groups in total. The monoisotopic (exact) mass is 215 g/mol. The summed E-state index contributed by atoms with van der Waals surface area (Å²) >= 11 is 0. The van der Waals surface area contributed by atoms with Crippen molar-refractivity contribution in [2.24, 2.45) is 0 Å². The quantitative estimate of drug-likeness (QED) is 0.764. The Morgan fingerprint density at radius 2 is 2.14 bits per heavy atom. The molecule has 0 saturated carbocycles. The molecule has 1 rings (SSSR count). The van der Waals surface area contributed by atoms with Crippen molar-refractivity contribution in [1.29, 1.82) is 0 Å². The molecular weight excluding hydrogens is 202 g/mol. The van der Waals surface area contributed by atoms with Gasteiger partial charge in [0.1, 0.15) is 0 Å². The van der Waals surface area contributed by atoms with Crippen LogP contribution in [-0.4, -0.2) is 39.8 Å². The van der Waals surface area contributed by atoms with E-state index < -0.39 is 10.8 Å². The Morgan fingerprint density at radius 3 is 2.64 bits per heavy atom. The standard InChI is InChI=1S/C8H13N3O2S/c1-13-7-5-10-8(11-6-7)9-3-4-14(2)12/h5-6H,3-4H2,1-2H3,(H,9,10,11). The minimum Gasteiger partial charge on any atom is -0.494 e. The first-order valence-corrected chi connectivity index (χ1v) is 5.85. The zero-order valence-electron chi connectivity index (χ0n) is 8.19. The maximum absolute atomic E-state index is 10.7. The SMILES string of the molecule is COc1cnc(NCCS(C)=O)nc1. The molecule has 1 aromatic heterocycles. The molecule has 0 radical (unpaired) electrons. The van der Waals surface area contributed by atoms with Crippen LogP contribution in [-0.2, 0) is 10.8 Å². The van der Waals surface area contributed by atoms with Crippen LogP contribution in [0.5, 0.6) is 5.75 Å². The van der Waals surface area contributed by atoms with Gasteiger partial charge in [-0.25, -0.2) is 9.97 Å². The van der Waals surface area contributed by atoms with Gasteiger partial charge in [0, 0.05) is 29.4 Å². The van der Waals surface area contributed by atoms with Gasteiger partial charge in [0.25, 0.3) is 0 Å². The van der Waals surface area contributed by atoms with Gasteiger partial charge in [-0.2, -0.15) is 0 Å². The number of aromatic nitrogens is 2. The van der Waals surface area contributed by atoms with Gasteiger partial charge < -0.3 is 10.1 Å². The minimum atomic E-state index is -0.788. The average Bonchev–Trinajstić information content (AvgIpc) is 2.18. The van der Waals surface area contributed by atoms with Gasteiger partial charge in [0.15, 0.2) is 5.75 Å². The van der Waals surface area contributed by atoms with Crippen molar-refractivity contribution in [2.75, 3.05) is 31.0 Å². The first-order valence-electron chi connectivity index (χ1n) is 4.12. The Kier molecular flexibility index (Phi) is 4.31. The van der Waals surface area contributed by atoms with Crippen LogP contribution in [0, 0.1) is 0 Å². The van der Waals surface area contributed by atoms with Crippen LogP contribution in [0.4, 0.5) is 5.95 Å². The van der Waals surface area contributed by atoms with Gasteiger partial charge in [-0.1, -0.05) is 0 Å². The number of rotatable bonds is 5. The highest BCUT2D eigenvalue weighted by atomic mass is 32.2. The molecule has 0 amide bonds. The first kappa shape index (κ1) is 10.9. The normalized spacial score (nSPS) is 12.1. The van der Waals surface area contributed by atoms with E-state index in [1.165, 1.54) is 0 Å². The van der Waals surface area contributed by atoms with E-state index >= 15 is 0 Å². The highest BCUT2D eigenvalue weighted by Gasteiger charge is 1.96. The summed E-state index contributed by atoms with van der Waals surface area (Å²) in [5.41, 5.74) is 0. The van der Waals surface area contributed by atoms with Crippen LogP contribution in [0.25, 0.3) is 0 Å². The van der Waals surface area contributed by atoms with E-state index in [4.69, 9.17) is 4.74 Å². The topological polar surface area (TPSA) is 64.1 Å². The number of nitrogens with zero attached hydrogens (tertiary/aromatic N) is 2. The molecule has 0 aliphatic heterocycles. The van der Waals surface area contributed by atoms with Crippen molar-refractivity contribution in [3.63, 3.8) is 0 Å². The molecule has 0 bridgehead atoms. The Labute approximate surface area is 85.4 Å². The molecule has 0 aromatic carbocycles. The highest BCUT2D eigenvalue weighted by molar-refractivity contribution is 7.84. The lowest BCUT2D eigenvalue weighted by molar-refractivity contribution is 0.411. The van der Waals surface area contributed by atoms with E-state index in [9.17, 15) is 4.21 Å². The predicted octanol–water partition coefficient (Wildman–Crippen LogP) is 0.276. The van der Waals surface area contributed by atoms with Crippen LogP contribution in [0.2, 0.25) is 0 Å². The summed E-state index contributed by atoms with van der Waals surface area (Å²) in [6.45, 7) is 0.607. The molecule has 0 spiro atoms. The average molecular weight is 215 g/mol. The fourth-order valence-electron chi connectivity index (χ4n) is 0.819. The summed E-state index contributed by atoms with van der Waals surface area (Å²) in [6.07, 6.45) is 4.83. The first-order chi connectivity index (χ1) is 6.72. The molecule has 78 valence electrons. The Morgan fingerprint density at radius 1 is 1.50 bits per heavy atom. The Hall–Kier alpha value is -1.17. The fraction of sp³-hybridized carbons (Fsp3) is 0.500. The van der Waals surface area contributed by atoms with Gasteiger partial charge in [-0.15, -0.1) is 0 Å². The second kappa shape index (κ2) is 5.54. The summed E-state index contributed by atoms with van der Waals surface area (Å²) in [4.78, 5) is 8.00. The zero-order chi connectivity index (χ0) is 10.4. The molecule has 5 nitrogen and oxygen atoms in total. The van der Waals surface area contributed by atoms with Crippen molar-refractivity contribution in [3.05, 3.63) is 12.4 Å². The van der Waals surface area contributed by atoms with E-state index in [1.807, 2.05) is 0 Å². The summed E-state index contributed by atoms with van der Waals surface area (Å²) in [7, 11) is 0.774. The van der Waals surface area contributed by atoms with E-state index in [2.05, 4.69) is 15.3 Å². The Balaban J connectivity index is 2.40. The van der Waals surface area contributed by atoms with Crippen molar-refractivity contribution in [3.8, 4) is 5.75 Å². The van der Waals surface area contributed by atoms with Gasteiger partial charge in [0.05, 0.1) is 19.5 Å². The lowest BCUT2D eigenvalue weighted by Crippen LogP contribution is -2.11. The van der Waals surface area contributed by atoms with E-state index in [0.29, 0.717) is 24.0 Å². The number of hydrogen-bond donors (Lipinski definition) is 1. The van der Waals surface area contributed by atoms with Gasteiger partial charge >= 0.3 is 0 Å². The molecule has 1 heterocycles. The number of anilines is 1. The van der Waals surface area contributed by atoms with Crippen LogP contribution >= 0.6 is 0 Å². The highest BCUT2D eigenvalue weighted by Crippen LogP contribution is 2.06. The van der Waals surface area contributed by atoms with Crippen molar-refractivity contribution in [2.45, 2.75) is 0 Å². The molecule has 6 heteroatoms. The van der Waals surface area contributed by atoms with E-state index in [-0.39, 0.29) is 0 Å². The summed E-state index contributed by atoms with van der Waals surface area (Å²) < 4.78 is 15.7. The van der Waals surface area contributed by atoms with Gasteiger partial charge in [0.2, 0.25) is 5.95 Å².